The van der Waals surface area contributed by atoms with Crippen molar-refractivity contribution < 1.29 is 18.7 Å². The molecule has 1 aliphatic heterocycles. The number of esters is 1. The van der Waals surface area contributed by atoms with E-state index in [2.05, 4.69) is 4.99 Å². The Morgan fingerprint density at radius 1 is 1.17 bits per heavy atom. The Morgan fingerprint density at radius 2 is 1.90 bits per heavy atom. The summed E-state index contributed by atoms with van der Waals surface area (Å²) in [6, 6.07) is 10.2. The Bertz CT molecular complexity index is 1330. The van der Waals surface area contributed by atoms with E-state index in [4.69, 9.17) is 13.9 Å². The molecule has 30 heavy (non-hydrogen) atoms. The molecule has 1 unspecified atom stereocenters. The fraction of sp³-hybridized carbons (Fsp3) is 0.227. The van der Waals surface area contributed by atoms with Crippen molar-refractivity contribution in [3.63, 3.8) is 0 Å². The van der Waals surface area contributed by atoms with Crippen LogP contribution >= 0.6 is 11.3 Å². The number of furan rings is 1. The first-order chi connectivity index (χ1) is 14.4. The number of aryl methyl sites for hydroxylation is 1. The average molecular weight is 424 g/mol. The number of hydrogen-bond donors (Lipinski definition) is 0. The number of fused-ring (bicyclic) bond motifs is 1. The number of rotatable bonds is 4. The number of allylic oxidation sites excluding steroid dienone is 1. The fourth-order valence-electron chi connectivity index (χ4n) is 3.45. The predicted molar refractivity (Wildman–Crippen MR) is 112 cm³/mol. The van der Waals surface area contributed by atoms with Gasteiger partial charge in [0.05, 0.1) is 36.1 Å². The highest BCUT2D eigenvalue weighted by Crippen LogP contribution is 2.31. The zero-order chi connectivity index (χ0) is 21.4. The molecule has 0 spiro atoms. The second kappa shape index (κ2) is 7.79. The molecule has 4 rings (SSSR count). The maximum Gasteiger partial charge on any atom is 0.338 e. The van der Waals surface area contributed by atoms with Gasteiger partial charge >= 0.3 is 5.97 Å². The van der Waals surface area contributed by atoms with Crippen LogP contribution in [-0.4, -0.2) is 24.8 Å². The van der Waals surface area contributed by atoms with E-state index in [1.807, 2.05) is 25.1 Å². The third-order valence-electron chi connectivity index (χ3n) is 4.89. The third kappa shape index (κ3) is 3.39. The maximum atomic E-state index is 13.3. The molecule has 1 aliphatic rings. The van der Waals surface area contributed by atoms with E-state index in [-0.39, 0.29) is 5.56 Å². The summed E-state index contributed by atoms with van der Waals surface area (Å²) < 4.78 is 17.8. The predicted octanol–water partition coefficient (Wildman–Crippen LogP) is 2.32. The number of aromatic nitrogens is 1. The molecule has 0 fully saturated rings. The number of carbonyl (C=O) groups is 1. The van der Waals surface area contributed by atoms with Crippen LogP contribution in [0.1, 0.15) is 30.0 Å². The van der Waals surface area contributed by atoms with Gasteiger partial charge in [-0.05, 0) is 43.7 Å². The van der Waals surface area contributed by atoms with Crippen molar-refractivity contribution in [2.45, 2.75) is 19.9 Å². The molecular weight excluding hydrogens is 404 g/mol. The van der Waals surface area contributed by atoms with Gasteiger partial charge in [0.1, 0.15) is 17.3 Å². The topological polar surface area (TPSA) is 83.0 Å². The summed E-state index contributed by atoms with van der Waals surface area (Å²) in [6.45, 7) is 3.59. The molecule has 0 N–H and O–H groups in total. The van der Waals surface area contributed by atoms with Gasteiger partial charge in [-0.25, -0.2) is 9.79 Å². The molecule has 0 saturated heterocycles. The summed E-state index contributed by atoms with van der Waals surface area (Å²) in [5, 5.41) is 0. The molecule has 7 nitrogen and oxygen atoms in total. The van der Waals surface area contributed by atoms with Crippen molar-refractivity contribution in [3.05, 3.63) is 84.4 Å². The van der Waals surface area contributed by atoms with Gasteiger partial charge < -0.3 is 13.9 Å². The van der Waals surface area contributed by atoms with Crippen LogP contribution in [0.5, 0.6) is 5.75 Å². The first kappa shape index (κ1) is 19.9. The lowest BCUT2D eigenvalue weighted by Gasteiger charge is -2.24. The highest BCUT2D eigenvalue weighted by Gasteiger charge is 2.33. The first-order valence-electron chi connectivity index (χ1n) is 9.24. The zero-order valence-electron chi connectivity index (χ0n) is 17.0. The minimum absolute atomic E-state index is 0.248. The Kier molecular flexibility index (Phi) is 5.17. The van der Waals surface area contributed by atoms with Crippen LogP contribution in [0.25, 0.3) is 6.08 Å². The Hall–Kier alpha value is -3.39. The van der Waals surface area contributed by atoms with Gasteiger partial charge in [-0.15, -0.1) is 0 Å². The molecule has 0 amide bonds. The van der Waals surface area contributed by atoms with Crippen LogP contribution in [0.4, 0.5) is 0 Å². The normalized spacial score (nSPS) is 16.3. The molecular formula is C22H20N2O5S. The van der Waals surface area contributed by atoms with Gasteiger partial charge in [0.25, 0.3) is 5.56 Å². The van der Waals surface area contributed by atoms with Gasteiger partial charge in [0, 0.05) is 6.08 Å². The highest BCUT2D eigenvalue weighted by atomic mass is 32.1. The van der Waals surface area contributed by atoms with E-state index in [1.165, 1.54) is 23.0 Å². The van der Waals surface area contributed by atoms with Gasteiger partial charge in [0.2, 0.25) is 0 Å². The molecule has 3 heterocycles. The van der Waals surface area contributed by atoms with E-state index in [1.54, 1.807) is 38.3 Å². The Morgan fingerprint density at radius 3 is 2.50 bits per heavy atom. The zero-order valence-corrected chi connectivity index (χ0v) is 17.8. The van der Waals surface area contributed by atoms with Crippen LogP contribution in [0.15, 0.2) is 61.9 Å². The van der Waals surface area contributed by atoms with Crippen molar-refractivity contribution in [3.8, 4) is 5.75 Å². The standard InChI is InChI=1S/C22H20N2O5S/c1-12-5-8-16(29-12)11-17-20(25)24-19(14-6-9-15(27-3)10-7-14)18(21(26)28-4)13(2)23-22(24)30-17/h5-11,19H,1-4H3. The molecule has 1 aromatic carbocycles. The number of thiazole rings is 1. The van der Waals surface area contributed by atoms with E-state index < -0.39 is 12.0 Å². The monoisotopic (exact) mass is 424 g/mol. The second-order valence-electron chi connectivity index (χ2n) is 6.79. The van der Waals surface area contributed by atoms with Crippen molar-refractivity contribution >= 4 is 23.4 Å². The van der Waals surface area contributed by atoms with Gasteiger partial charge in [-0.3, -0.25) is 9.36 Å². The Labute approximate surface area is 176 Å². The molecule has 8 heteroatoms. The highest BCUT2D eigenvalue weighted by molar-refractivity contribution is 7.07. The molecule has 154 valence electrons. The van der Waals surface area contributed by atoms with E-state index in [0.717, 1.165) is 11.3 Å². The summed E-state index contributed by atoms with van der Waals surface area (Å²) in [6.07, 6.45) is 1.69. The van der Waals surface area contributed by atoms with Crippen molar-refractivity contribution in [1.82, 2.24) is 4.57 Å². The lowest BCUT2D eigenvalue weighted by molar-refractivity contribution is -0.136. The van der Waals surface area contributed by atoms with Gasteiger partial charge in [-0.2, -0.15) is 0 Å². The fourth-order valence-corrected chi connectivity index (χ4v) is 4.48. The van der Waals surface area contributed by atoms with Crippen LogP contribution in [0.3, 0.4) is 0 Å². The van der Waals surface area contributed by atoms with E-state index >= 15 is 0 Å². The first-order valence-corrected chi connectivity index (χ1v) is 10.1. The van der Waals surface area contributed by atoms with Crippen molar-refractivity contribution in [2.24, 2.45) is 4.99 Å². The average Bonchev–Trinajstić information content (AvgIpc) is 3.29. The third-order valence-corrected chi connectivity index (χ3v) is 5.88. The summed E-state index contributed by atoms with van der Waals surface area (Å²) in [4.78, 5) is 31.0. The SMILES string of the molecule is COC(=O)C1=C(C)N=c2sc(=Cc3ccc(C)o3)c(=O)n2C1c1ccc(OC)cc1. The quantitative estimate of drug-likeness (QED) is 0.601. The molecule has 1 atom stereocenters. The van der Waals surface area contributed by atoms with Crippen LogP contribution < -0.4 is 19.6 Å². The largest absolute Gasteiger partial charge is 0.497 e. The number of benzene rings is 1. The maximum absolute atomic E-state index is 13.3. The number of nitrogens with zero attached hydrogens (tertiary/aromatic N) is 2. The van der Waals surface area contributed by atoms with Crippen molar-refractivity contribution in [2.75, 3.05) is 14.2 Å². The minimum Gasteiger partial charge on any atom is -0.497 e. The van der Waals surface area contributed by atoms with E-state index in [9.17, 15) is 9.59 Å². The molecule has 0 radical (unpaired) electrons. The smallest absolute Gasteiger partial charge is 0.338 e. The molecule has 0 bridgehead atoms. The molecule has 3 aromatic rings. The van der Waals surface area contributed by atoms with Gasteiger partial charge in [-0.1, -0.05) is 23.5 Å². The number of hydrogen-bond acceptors (Lipinski definition) is 7. The second-order valence-corrected chi connectivity index (χ2v) is 7.80. The number of carbonyl (C=O) groups excluding carboxylic acids is 1. The molecule has 0 saturated carbocycles. The number of ether oxygens (including phenoxy) is 2. The van der Waals surface area contributed by atoms with Crippen LogP contribution in [-0.2, 0) is 9.53 Å². The molecule has 2 aromatic heterocycles. The molecule has 0 aliphatic carbocycles. The summed E-state index contributed by atoms with van der Waals surface area (Å²) in [5.41, 5.74) is 1.36. The van der Waals surface area contributed by atoms with Crippen molar-refractivity contribution in [1.29, 1.82) is 0 Å². The Balaban J connectivity index is 1.96. The summed E-state index contributed by atoms with van der Waals surface area (Å²) in [5.74, 6) is 1.50. The van der Waals surface area contributed by atoms with E-state index in [0.29, 0.717) is 32.1 Å². The lowest BCUT2D eigenvalue weighted by atomic mass is 9.96. The minimum atomic E-state index is -0.653. The van der Waals surface area contributed by atoms with Crippen LogP contribution in [0, 0.1) is 6.92 Å². The lowest BCUT2D eigenvalue weighted by Crippen LogP contribution is -2.39. The summed E-state index contributed by atoms with van der Waals surface area (Å²) >= 11 is 1.25. The number of methoxy groups -OCH3 is 2. The van der Waals surface area contributed by atoms with Gasteiger partial charge in [0.15, 0.2) is 4.80 Å². The summed E-state index contributed by atoms with van der Waals surface area (Å²) in [7, 11) is 2.90. The van der Waals surface area contributed by atoms with Crippen LogP contribution in [0.2, 0.25) is 0 Å².